The van der Waals surface area contributed by atoms with Gasteiger partial charge in [0, 0.05) is 13.3 Å². The molecule has 1 aliphatic rings. The van der Waals surface area contributed by atoms with Crippen LogP contribution < -0.4 is 0 Å². The Balaban J connectivity index is 1.86. The van der Waals surface area contributed by atoms with Gasteiger partial charge in [0.15, 0.2) is 12.4 Å². The normalized spacial score (nSPS) is 22.0. The minimum absolute atomic E-state index is 0.277. The van der Waals surface area contributed by atoms with E-state index < -0.39 is 0 Å². The lowest BCUT2D eigenvalue weighted by Gasteiger charge is -2.40. The van der Waals surface area contributed by atoms with E-state index in [-0.39, 0.29) is 12.4 Å². The third-order valence-electron chi connectivity index (χ3n) is 7.35. The molecule has 31 heavy (non-hydrogen) atoms. The molecule has 0 aromatic heterocycles. The Hall–Kier alpha value is -0.670. The van der Waals surface area contributed by atoms with Crippen molar-refractivity contribution in [3.05, 3.63) is 12.2 Å². The van der Waals surface area contributed by atoms with Gasteiger partial charge in [0.05, 0.1) is 12.8 Å². The second kappa shape index (κ2) is 18.9. The molecule has 0 aliphatic carbocycles. The number of hydrogen-bond acceptors (Lipinski definition) is 2. The van der Waals surface area contributed by atoms with E-state index >= 15 is 0 Å². The average Bonchev–Trinajstić information content (AvgIpc) is 3.19. The number of hydrogen-bond donors (Lipinski definition) is 1. The quantitative estimate of drug-likeness (QED) is 0.110. The van der Waals surface area contributed by atoms with Crippen LogP contribution in [0.1, 0.15) is 136 Å². The standard InChI is InChI=1S/C28H55N2O/c1-4-6-7-8-9-10-11-12-13-14-15-16-17-18-19-20-21-22-23-24-28-29-25-26-30(28,5-2)27(3)31/h16-17,25,27-28,31H,4-15,18-24,26H2,1-3H3/q+1/b17-16+. The van der Waals surface area contributed by atoms with Gasteiger partial charge in [-0.3, -0.25) is 4.48 Å². The maximum atomic E-state index is 10.2. The molecule has 1 rings (SSSR count). The molecule has 0 fully saturated rings. The van der Waals surface area contributed by atoms with Crippen LogP contribution in [0.4, 0.5) is 0 Å². The molecule has 182 valence electrons. The van der Waals surface area contributed by atoms with Gasteiger partial charge in [-0.05, 0) is 39.0 Å². The third kappa shape index (κ3) is 12.2. The lowest BCUT2D eigenvalue weighted by molar-refractivity contribution is -0.976. The first-order valence-corrected chi connectivity index (χ1v) is 13.9. The van der Waals surface area contributed by atoms with Gasteiger partial charge in [-0.2, -0.15) is 0 Å². The van der Waals surface area contributed by atoms with E-state index in [2.05, 4.69) is 31.0 Å². The summed E-state index contributed by atoms with van der Waals surface area (Å²) in [6, 6.07) is 0. The second-order valence-electron chi connectivity index (χ2n) is 9.83. The highest BCUT2D eigenvalue weighted by atomic mass is 16.3. The Morgan fingerprint density at radius 3 is 1.77 bits per heavy atom. The maximum absolute atomic E-state index is 10.2. The third-order valence-corrected chi connectivity index (χ3v) is 7.35. The first-order valence-electron chi connectivity index (χ1n) is 13.9. The van der Waals surface area contributed by atoms with E-state index in [0.29, 0.717) is 0 Å². The minimum Gasteiger partial charge on any atom is -0.345 e. The van der Waals surface area contributed by atoms with Crippen molar-refractivity contribution < 1.29 is 9.59 Å². The first kappa shape index (κ1) is 28.4. The van der Waals surface area contributed by atoms with Crippen molar-refractivity contribution in [3.8, 4) is 0 Å². The fourth-order valence-electron chi connectivity index (χ4n) is 5.02. The largest absolute Gasteiger partial charge is 0.345 e. The molecule has 3 unspecified atom stereocenters. The monoisotopic (exact) mass is 435 g/mol. The van der Waals surface area contributed by atoms with E-state index in [0.717, 1.165) is 24.0 Å². The Morgan fingerprint density at radius 1 is 0.806 bits per heavy atom. The van der Waals surface area contributed by atoms with Crippen LogP contribution >= 0.6 is 0 Å². The van der Waals surface area contributed by atoms with Gasteiger partial charge in [-0.1, -0.05) is 96.1 Å². The van der Waals surface area contributed by atoms with Gasteiger partial charge in [0.2, 0.25) is 0 Å². The zero-order chi connectivity index (χ0) is 22.6. The molecule has 0 amide bonds. The Bertz CT molecular complexity index is 460. The maximum Gasteiger partial charge on any atom is 0.189 e. The van der Waals surface area contributed by atoms with E-state index in [1.54, 1.807) is 0 Å². The topological polar surface area (TPSA) is 32.6 Å². The van der Waals surface area contributed by atoms with E-state index in [1.165, 1.54) is 109 Å². The first-order chi connectivity index (χ1) is 15.2. The molecule has 0 aromatic rings. The molecule has 0 radical (unpaired) electrons. The molecule has 0 saturated carbocycles. The summed E-state index contributed by atoms with van der Waals surface area (Å²) in [7, 11) is 0. The fourth-order valence-corrected chi connectivity index (χ4v) is 5.02. The summed E-state index contributed by atoms with van der Waals surface area (Å²) in [5.41, 5.74) is 0. The summed E-state index contributed by atoms with van der Waals surface area (Å²) in [5.74, 6) is 0. The molecule has 3 nitrogen and oxygen atoms in total. The van der Waals surface area contributed by atoms with Crippen molar-refractivity contribution in [2.45, 2.75) is 149 Å². The Kier molecular flexibility index (Phi) is 17.3. The van der Waals surface area contributed by atoms with Gasteiger partial charge in [-0.25, -0.2) is 4.99 Å². The highest BCUT2D eigenvalue weighted by Gasteiger charge is 2.41. The van der Waals surface area contributed by atoms with Crippen LogP contribution in [0, 0.1) is 0 Å². The Morgan fingerprint density at radius 2 is 1.29 bits per heavy atom. The number of quaternary nitrogens is 1. The number of aliphatic hydroxyl groups excluding tert-OH is 1. The zero-order valence-electron chi connectivity index (χ0n) is 21.4. The summed E-state index contributed by atoms with van der Waals surface area (Å²) in [4.78, 5) is 4.68. The molecule has 1 heterocycles. The molecule has 0 bridgehead atoms. The van der Waals surface area contributed by atoms with E-state index in [1.807, 2.05) is 13.1 Å². The smallest absolute Gasteiger partial charge is 0.189 e. The van der Waals surface area contributed by atoms with Crippen molar-refractivity contribution in [3.63, 3.8) is 0 Å². The highest BCUT2D eigenvalue weighted by molar-refractivity contribution is 5.60. The van der Waals surface area contributed by atoms with Crippen molar-refractivity contribution in [1.29, 1.82) is 0 Å². The number of nitrogens with zero attached hydrogens (tertiary/aromatic N) is 2. The number of unbranched alkanes of at least 4 members (excludes halogenated alkanes) is 15. The van der Waals surface area contributed by atoms with Crippen LogP contribution in [-0.4, -0.2) is 41.3 Å². The minimum atomic E-state index is -0.315. The summed E-state index contributed by atoms with van der Waals surface area (Å²) in [6.45, 7) is 8.25. The van der Waals surface area contributed by atoms with Crippen LogP contribution in [0.15, 0.2) is 17.1 Å². The lowest BCUT2D eigenvalue weighted by atomic mass is 10.1. The van der Waals surface area contributed by atoms with Crippen LogP contribution in [0.3, 0.4) is 0 Å². The second-order valence-corrected chi connectivity index (χ2v) is 9.83. The van der Waals surface area contributed by atoms with E-state index in [9.17, 15) is 5.11 Å². The average molecular weight is 436 g/mol. The number of aliphatic hydroxyl groups is 1. The molecule has 1 aliphatic heterocycles. The predicted octanol–water partition coefficient (Wildman–Crippen LogP) is 8.17. The van der Waals surface area contributed by atoms with Crippen molar-refractivity contribution in [2.24, 2.45) is 4.99 Å². The summed E-state index contributed by atoms with van der Waals surface area (Å²) < 4.78 is 0.740. The van der Waals surface area contributed by atoms with Crippen LogP contribution in [0.25, 0.3) is 0 Å². The molecule has 3 atom stereocenters. The van der Waals surface area contributed by atoms with Crippen LogP contribution in [0.5, 0.6) is 0 Å². The molecule has 0 spiro atoms. The molecular weight excluding hydrogens is 380 g/mol. The van der Waals surface area contributed by atoms with Gasteiger partial charge < -0.3 is 5.11 Å². The van der Waals surface area contributed by atoms with Crippen molar-refractivity contribution in [1.82, 2.24) is 0 Å². The van der Waals surface area contributed by atoms with Gasteiger partial charge >= 0.3 is 0 Å². The molecule has 0 saturated heterocycles. The predicted molar refractivity (Wildman–Crippen MR) is 138 cm³/mol. The number of allylic oxidation sites excluding steroid dienone is 2. The number of aliphatic imine (C=N–C) groups is 1. The molecule has 1 N–H and O–H groups in total. The summed E-state index contributed by atoms with van der Waals surface area (Å²) in [5, 5.41) is 10.2. The Labute approximate surface area is 195 Å². The SMILES string of the molecule is CCCCCCCCCCCC/C=C/CCCCCCCC1N=CC[N+]1(CC)C(C)O. The van der Waals surface area contributed by atoms with Crippen molar-refractivity contribution in [2.75, 3.05) is 13.1 Å². The molecule has 0 aromatic carbocycles. The van der Waals surface area contributed by atoms with E-state index in [4.69, 9.17) is 0 Å². The summed E-state index contributed by atoms with van der Waals surface area (Å²) in [6.07, 6.45) is 31.3. The number of rotatable bonds is 21. The highest BCUT2D eigenvalue weighted by Crippen LogP contribution is 2.26. The van der Waals surface area contributed by atoms with Crippen LogP contribution in [0.2, 0.25) is 0 Å². The lowest BCUT2D eigenvalue weighted by Crippen LogP contribution is -2.57. The van der Waals surface area contributed by atoms with Crippen molar-refractivity contribution >= 4 is 6.21 Å². The van der Waals surface area contributed by atoms with Gasteiger partial charge in [0.25, 0.3) is 0 Å². The summed E-state index contributed by atoms with van der Waals surface area (Å²) >= 11 is 0. The zero-order valence-corrected chi connectivity index (χ0v) is 21.4. The van der Waals surface area contributed by atoms with Gasteiger partial charge in [0.1, 0.15) is 6.54 Å². The van der Waals surface area contributed by atoms with Gasteiger partial charge in [-0.15, -0.1) is 0 Å². The molecule has 3 heteroatoms. The molecular formula is C28H55N2O+. The van der Waals surface area contributed by atoms with Crippen LogP contribution in [-0.2, 0) is 0 Å². The fraction of sp³-hybridized carbons (Fsp3) is 0.893.